The number of hydrogen-bond acceptors (Lipinski definition) is 4. The maximum absolute atomic E-state index is 12.3. The van der Waals surface area contributed by atoms with E-state index < -0.39 is 9.84 Å². The van der Waals surface area contributed by atoms with Crippen LogP contribution in [0.5, 0.6) is 0 Å². The van der Waals surface area contributed by atoms with Crippen molar-refractivity contribution < 1.29 is 8.42 Å². The molecule has 0 saturated heterocycles. The van der Waals surface area contributed by atoms with Gasteiger partial charge in [0.1, 0.15) is 0 Å². The summed E-state index contributed by atoms with van der Waals surface area (Å²) in [5.74, 6) is 0. The fourth-order valence-electron chi connectivity index (χ4n) is 1.67. The summed E-state index contributed by atoms with van der Waals surface area (Å²) in [7, 11) is -3.56. The van der Waals surface area contributed by atoms with Crippen molar-refractivity contribution in [3.05, 3.63) is 54.9 Å². The summed E-state index contributed by atoms with van der Waals surface area (Å²) in [6.45, 7) is 0. The summed E-state index contributed by atoms with van der Waals surface area (Å²) in [5, 5.41) is 4.00. The fourth-order valence-corrected chi connectivity index (χ4v) is 2.88. The molecule has 0 atom stereocenters. The van der Waals surface area contributed by atoms with Crippen LogP contribution in [0.1, 0.15) is 0 Å². The predicted octanol–water partition coefficient (Wildman–Crippen LogP) is 1.56. The topological polar surface area (TPSA) is 64.3 Å². The van der Waals surface area contributed by atoms with Gasteiger partial charge in [0.2, 0.25) is 9.84 Å². The normalized spacial score (nSPS) is 11.8. The van der Waals surface area contributed by atoms with Gasteiger partial charge in [-0.15, -0.1) is 0 Å². The second-order valence-electron chi connectivity index (χ2n) is 3.72. The van der Waals surface area contributed by atoms with Crippen LogP contribution in [0.25, 0.3) is 5.65 Å². The van der Waals surface area contributed by atoms with E-state index in [-0.39, 0.29) is 9.92 Å². The highest BCUT2D eigenvalue weighted by Crippen LogP contribution is 2.18. The van der Waals surface area contributed by atoms with Crippen molar-refractivity contribution in [3.63, 3.8) is 0 Å². The molecule has 0 amide bonds. The number of benzene rings is 1. The Morgan fingerprint density at radius 3 is 2.56 bits per heavy atom. The molecule has 3 rings (SSSR count). The number of fused-ring (bicyclic) bond motifs is 1. The van der Waals surface area contributed by atoms with Crippen LogP contribution in [0, 0.1) is 0 Å². The Morgan fingerprint density at radius 2 is 1.78 bits per heavy atom. The molecule has 0 aliphatic carbocycles. The highest BCUT2D eigenvalue weighted by molar-refractivity contribution is 7.91. The van der Waals surface area contributed by atoms with Gasteiger partial charge >= 0.3 is 0 Å². The Morgan fingerprint density at radius 1 is 1.00 bits per heavy atom. The van der Waals surface area contributed by atoms with Crippen molar-refractivity contribution in [2.45, 2.75) is 9.92 Å². The number of rotatable bonds is 2. The summed E-state index contributed by atoms with van der Waals surface area (Å²) >= 11 is 0. The van der Waals surface area contributed by atoms with E-state index in [1.165, 1.54) is 10.6 Å². The van der Waals surface area contributed by atoms with Crippen LogP contribution < -0.4 is 0 Å². The van der Waals surface area contributed by atoms with Crippen LogP contribution in [0.3, 0.4) is 0 Å². The van der Waals surface area contributed by atoms with E-state index in [1.807, 2.05) is 0 Å². The molecule has 0 saturated carbocycles. The predicted molar refractivity (Wildman–Crippen MR) is 64.9 cm³/mol. The summed E-state index contributed by atoms with van der Waals surface area (Å²) < 4.78 is 26.1. The Balaban J connectivity index is 2.19. The SMILES string of the molecule is O=S(=O)(c1ccccc1)c1ccn2nccc2n1. The second-order valence-corrected chi connectivity index (χ2v) is 5.61. The molecule has 0 N–H and O–H groups in total. The smallest absolute Gasteiger partial charge is 0.223 e. The van der Waals surface area contributed by atoms with Crippen LogP contribution in [0.4, 0.5) is 0 Å². The Kier molecular flexibility index (Phi) is 2.38. The van der Waals surface area contributed by atoms with Crippen molar-refractivity contribution in [2.24, 2.45) is 0 Å². The van der Waals surface area contributed by atoms with Crippen LogP contribution in [-0.4, -0.2) is 23.0 Å². The molecule has 6 heteroatoms. The van der Waals surface area contributed by atoms with Gasteiger partial charge in [0.05, 0.1) is 11.1 Å². The largest absolute Gasteiger partial charge is 0.223 e. The van der Waals surface area contributed by atoms with Crippen LogP contribution in [0.15, 0.2) is 64.8 Å². The van der Waals surface area contributed by atoms with Gasteiger partial charge in [0, 0.05) is 12.3 Å². The molecule has 0 bridgehead atoms. The van der Waals surface area contributed by atoms with Gasteiger partial charge in [-0.1, -0.05) is 18.2 Å². The molecular formula is C12H9N3O2S. The Bertz CT molecular complexity index is 794. The minimum Gasteiger partial charge on any atom is -0.223 e. The van der Waals surface area contributed by atoms with Gasteiger partial charge in [0.15, 0.2) is 10.7 Å². The zero-order valence-corrected chi connectivity index (χ0v) is 10.1. The summed E-state index contributed by atoms with van der Waals surface area (Å²) in [4.78, 5) is 4.33. The van der Waals surface area contributed by atoms with Gasteiger partial charge < -0.3 is 0 Å². The molecule has 18 heavy (non-hydrogen) atoms. The van der Waals surface area contributed by atoms with Gasteiger partial charge in [-0.05, 0) is 18.2 Å². The maximum atomic E-state index is 12.3. The molecule has 0 aliphatic rings. The molecule has 5 nitrogen and oxygen atoms in total. The first-order valence-electron chi connectivity index (χ1n) is 5.28. The zero-order chi connectivity index (χ0) is 12.6. The van der Waals surface area contributed by atoms with Gasteiger partial charge in [-0.25, -0.2) is 17.9 Å². The van der Waals surface area contributed by atoms with E-state index >= 15 is 0 Å². The lowest BCUT2D eigenvalue weighted by molar-refractivity contribution is 0.592. The summed E-state index contributed by atoms with van der Waals surface area (Å²) in [5.41, 5.74) is 0.506. The van der Waals surface area contributed by atoms with Crippen LogP contribution >= 0.6 is 0 Å². The van der Waals surface area contributed by atoms with Gasteiger partial charge in [-0.3, -0.25) is 0 Å². The lowest BCUT2D eigenvalue weighted by atomic mass is 10.4. The van der Waals surface area contributed by atoms with Gasteiger partial charge in [0.25, 0.3) is 0 Å². The quantitative estimate of drug-likeness (QED) is 0.655. The fraction of sp³-hybridized carbons (Fsp3) is 0. The number of sulfone groups is 1. The van der Waals surface area contributed by atoms with E-state index in [9.17, 15) is 8.42 Å². The first-order valence-corrected chi connectivity index (χ1v) is 6.77. The van der Waals surface area contributed by atoms with Crippen molar-refractivity contribution >= 4 is 15.5 Å². The van der Waals surface area contributed by atoms with Crippen LogP contribution in [-0.2, 0) is 9.84 Å². The molecule has 1 aromatic carbocycles. The average molecular weight is 259 g/mol. The molecule has 2 aromatic heterocycles. The summed E-state index contributed by atoms with van der Waals surface area (Å²) in [6, 6.07) is 11.3. The first-order chi connectivity index (χ1) is 8.68. The molecule has 0 aliphatic heterocycles. The average Bonchev–Trinajstić information content (AvgIpc) is 2.87. The standard InChI is InChI=1S/C12H9N3O2S/c16-18(17,10-4-2-1-3-5-10)12-7-9-15-11(14-12)6-8-13-15/h1-9H. The third-order valence-electron chi connectivity index (χ3n) is 2.56. The number of nitrogens with zero attached hydrogens (tertiary/aromatic N) is 3. The van der Waals surface area contributed by atoms with Crippen molar-refractivity contribution in [3.8, 4) is 0 Å². The lowest BCUT2D eigenvalue weighted by Crippen LogP contribution is -2.05. The van der Waals surface area contributed by atoms with Crippen molar-refractivity contribution in [1.29, 1.82) is 0 Å². The molecule has 3 aromatic rings. The minimum atomic E-state index is -3.56. The second kappa shape index (κ2) is 3.92. The molecule has 2 heterocycles. The van der Waals surface area contributed by atoms with E-state index in [2.05, 4.69) is 10.1 Å². The summed E-state index contributed by atoms with van der Waals surface area (Å²) in [6.07, 6.45) is 3.15. The third-order valence-corrected chi connectivity index (χ3v) is 4.23. The number of hydrogen-bond donors (Lipinski definition) is 0. The maximum Gasteiger partial charge on any atom is 0.223 e. The lowest BCUT2D eigenvalue weighted by Gasteiger charge is -2.03. The van der Waals surface area contributed by atoms with Crippen LogP contribution in [0.2, 0.25) is 0 Å². The van der Waals surface area contributed by atoms with E-state index in [4.69, 9.17) is 0 Å². The monoisotopic (exact) mass is 259 g/mol. The first kappa shape index (κ1) is 10.9. The molecule has 0 unspecified atom stereocenters. The van der Waals surface area contributed by atoms with E-state index in [1.54, 1.807) is 48.8 Å². The van der Waals surface area contributed by atoms with Crippen molar-refractivity contribution in [1.82, 2.24) is 14.6 Å². The Labute approximate surface area is 104 Å². The number of aromatic nitrogens is 3. The van der Waals surface area contributed by atoms with E-state index in [0.717, 1.165) is 0 Å². The molecular weight excluding hydrogens is 250 g/mol. The van der Waals surface area contributed by atoms with E-state index in [0.29, 0.717) is 5.65 Å². The van der Waals surface area contributed by atoms with Crippen molar-refractivity contribution in [2.75, 3.05) is 0 Å². The minimum absolute atomic E-state index is 0.0294. The molecule has 90 valence electrons. The highest BCUT2D eigenvalue weighted by atomic mass is 32.2. The third kappa shape index (κ3) is 1.67. The molecule has 0 spiro atoms. The highest BCUT2D eigenvalue weighted by Gasteiger charge is 2.19. The molecule has 0 radical (unpaired) electrons. The zero-order valence-electron chi connectivity index (χ0n) is 9.26. The molecule has 0 fully saturated rings. The Hall–Kier alpha value is -2.21. The van der Waals surface area contributed by atoms with Gasteiger partial charge in [-0.2, -0.15) is 5.10 Å².